The number of hydrogen-bond acceptors (Lipinski definition) is 4. The summed E-state index contributed by atoms with van der Waals surface area (Å²) in [6.45, 7) is 9.34. The molecule has 0 atom stereocenters. The summed E-state index contributed by atoms with van der Waals surface area (Å²) >= 11 is 1.72. The largest absolute Gasteiger partial charge is 0.385 e. The molecular weight excluding hydrogens is 220 g/mol. The highest BCUT2D eigenvalue weighted by molar-refractivity contribution is 7.09. The fourth-order valence-corrected chi connectivity index (χ4v) is 2.22. The van der Waals surface area contributed by atoms with E-state index in [1.54, 1.807) is 18.4 Å². The van der Waals surface area contributed by atoms with Crippen LogP contribution in [0, 0.1) is 12.3 Å². The Morgan fingerprint density at radius 3 is 2.81 bits per heavy atom. The Bertz CT molecular complexity index is 310. The smallest absolute Gasteiger partial charge is 0.0798 e. The lowest BCUT2D eigenvalue weighted by Gasteiger charge is -2.24. The number of aromatic nitrogens is 1. The van der Waals surface area contributed by atoms with Crippen molar-refractivity contribution in [2.75, 3.05) is 20.3 Å². The molecule has 1 rings (SSSR count). The van der Waals surface area contributed by atoms with Gasteiger partial charge in [0.15, 0.2) is 0 Å². The van der Waals surface area contributed by atoms with Crippen molar-refractivity contribution in [1.29, 1.82) is 0 Å². The molecule has 16 heavy (non-hydrogen) atoms. The maximum atomic E-state index is 5.11. The Morgan fingerprint density at radius 1 is 1.50 bits per heavy atom. The van der Waals surface area contributed by atoms with E-state index in [4.69, 9.17) is 4.74 Å². The van der Waals surface area contributed by atoms with Gasteiger partial charge in [-0.2, -0.15) is 0 Å². The van der Waals surface area contributed by atoms with Gasteiger partial charge in [0.2, 0.25) is 0 Å². The first-order chi connectivity index (χ1) is 7.55. The molecule has 0 bridgehead atoms. The van der Waals surface area contributed by atoms with E-state index in [2.05, 4.69) is 31.1 Å². The second-order valence-electron chi connectivity index (χ2n) is 4.87. The summed E-state index contributed by atoms with van der Waals surface area (Å²) in [5.74, 6) is 0. The minimum Gasteiger partial charge on any atom is -0.385 e. The summed E-state index contributed by atoms with van der Waals surface area (Å²) in [4.78, 5) is 5.58. The Kier molecular flexibility index (Phi) is 5.38. The molecule has 0 saturated carbocycles. The average Bonchev–Trinajstić information content (AvgIpc) is 2.62. The predicted octanol–water partition coefficient (Wildman–Crippen LogP) is 2.60. The van der Waals surface area contributed by atoms with E-state index in [-0.39, 0.29) is 5.41 Å². The van der Waals surface area contributed by atoms with Crippen LogP contribution in [0.1, 0.15) is 30.8 Å². The lowest BCUT2D eigenvalue weighted by Crippen LogP contribution is -2.30. The zero-order valence-electron chi connectivity index (χ0n) is 10.7. The standard InChI is InChI=1S/C12H22N2OS/c1-10-11(16-9-14-10)7-13-8-12(2,3)5-6-15-4/h9,13H,5-8H2,1-4H3. The fraction of sp³-hybridized carbons (Fsp3) is 0.750. The average molecular weight is 242 g/mol. The van der Waals surface area contributed by atoms with Crippen molar-refractivity contribution < 1.29 is 4.74 Å². The molecule has 92 valence electrons. The van der Waals surface area contributed by atoms with Crippen molar-refractivity contribution in [3.63, 3.8) is 0 Å². The molecular formula is C12H22N2OS. The molecule has 1 N–H and O–H groups in total. The zero-order valence-corrected chi connectivity index (χ0v) is 11.5. The minimum absolute atomic E-state index is 0.286. The van der Waals surface area contributed by atoms with E-state index >= 15 is 0 Å². The first kappa shape index (κ1) is 13.6. The summed E-state index contributed by atoms with van der Waals surface area (Å²) in [5.41, 5.74) is 3.34. The molecule has 1 heterocycles. The highest BCUT2D eigenvalue weighted by atomic mass is 32.1. The van der Waals surface area contributed by atoms with E-state index in [1.165, 1.54) is 4.88 Å². The van der Waals surface area contributed by atoms with Gasteiger partial charge in [-0.1, -0.05) is 13.8 Å². The number of aryl methyl sites for hydroxylation is 1. The molecule has 0 fully saturated rings. The maximum Gasteiger partial charge on any atom is 0.0798 e. The molecule has 3 nitrogen and oxygen atoms in total. The second kappa shape index (κ2) is 6.33. The summed E-state index contributed by atoms with van der Waals surface area (Å²) < 4.78 is 5.11. The monoisotopic (exact) mass is 242 g/mol. The third-order valence-corrected chi connectivity index (χ3v) is 3.65. The lowest BCUT2D eigenvalue weighted by atomic mass is 9.90. The van der Waals surface area contributed by atoms with Crippen LogP contribution in [0.15, 0.2) is 5.51 Å². The van der Waals surface area contributed by atoms with E-state index in [1.807, 2.05) is 5.51 Å². The Balaban J connectivity index is 2.27. The molecule has 0 amide bonds. The summed E-state index contributed by atoms with van der Waals surface area (Å²) in [6.07, 6.45) is 1.08. The first-order valence-electron chi connectivity index (χ1n) is 5.64. The van der Waals surface area contributed by atoms with Crippen LogP contribution in [0.2, 0.25) is 0 Å². The molecule has 1 aromatic rings. The minimum atomic E-state index is 0.286. The molecule has 4 heteroatoms. The molecule has 0 aliphatic carbocycles. The summed E-state index contributed by atoms with van der Waals surface area (Å²) in [5, 5.41) is 3.49. The third kappa shape index (κ3) is 4.60. The maximum absolute atomic E-state index is 5.11. The van der Waals surface area contributed by atoms with Crippen LogP contribution < -0.4 is 5.32 Å². The van der Waals surface area contributed by atoms with Crippen LogP contribution in [0.4, 0.5) is 0 Å². The highest BCUT2D eigenvalue weighted by Crippen LogP contribution is 2.19. The third-order valence-electron chi connectivity index (χ3n) is 2.72. The van der Waals surface area contributed by atoms with Crippen LogP contribution in [0.5, 0.6) is 0 Å². The van der Waals surface area contributed by atoms with E-state index in [0.717, 1.165) is 31.8 Å². The number of thiazole rings is 1. The molecule has 0 aliphatic rings. The number of nitrogens with one attached hydrogen (secondary N) is 1. The van der Waals surface area contributed by atoms with Crippen LogP contribution in [0.3, 0.4) is 0 Å². The van der Waals surface area contributed by atoms with E-state index < -0.39 is 0 Å². The van der Waals surface area contributed by atoms with Gasteiger partial charge in [-0.15, -0.1) is 11.3 Å². The Hall–Kier alpha value is -0.450. The molecule has 0 spiro atoms. The number of rotatable bonds is 7. The van der Waals surface area contributed by atoms with Gasteiger partial charge in [0.25, 0.3) is 0 Å². The van der Waals surface area contributed by atoms with Crippen LogP contribution in [-0.2, 0) is 11.3 Å². The Morgan fingerprint density at radius 2 is 2.25 bits per heavy atom. The van der Waals surface area contributed by atoms with Gasteiger partial charge in [0, 0.05) is 31.7 Å². The van der Waals surface area contributed by atoms with E-state index in [0.29, 0.717) is 0 Å². The zero-order chi connectivity index (χ0) is 12.0. The molecule has 0 aliphatic heterocycles. The van der Waals surface area contributed by atoms with Crippen LogP contribution in [-0.4, -0.2) is 25.2 Å². The van der Waals surface area contributed by atoms with Crippen molar-refractivity contribution in [2.24, 2.45) is 5.41 Å². The normalized spacial score (nSPS) is 12.0. The van der Waals surface area contributed by atoms with Crippen molar-refractivity contribution in [1.82, 2.24) is 10.3 Å². The Labute approximate surface area is 102 Å². The topological polar surface area (TPSA) is 34.1 Å². The van der Waals surface area contributed by atoms with Gasteiger partial charge in [0.1, 0.15) is 0 Å². The summed E-state index contributed by atoms with van der Waals surface area (Å²) in [7, 11) is 1.75. The number of methoxy groups -OCH3 is 1. The quantitative estimate of drug-likeness (QED) is 0.798. The van der Waals surface area contributed by atoms with Gasteiger partial charge in [-0.3, -0.25) is 0 Å². The molecule has 0 radical (unpaired) electrons. The van der Waals surface area contributed by atoms with Crippen molar-refractivity contribution in [3.05, 3.63) is 16.1 Å². The van der Waals surface area contributed by atoms with Gasteiger partial charge in [-0.25, -0.2) is 4.98 Å². The van der Waals surface area contributed by atoms with Gasteiger partial charge in [-0.05, 0) is 18.8 Å². The van der Waals surface area contributed by atoms with Gasteiger partial charge < -0.3 is 10.1 Å². The number of nitrogens with zero attached hydrogens (tertiary/aromatic N) is 1. The van der Waals surface area contributed by atoms with Crippen molar-refractivity contribution in [3.8, 4) is 0 Å². The molecule has 1 aromatic heterocycles. The first-order valence-corrected chi connectivity index (χ1v) is 6.52. The predicted molar refractivity (Wildman–Crippen MR) is 68.8 cm³/mol. The highest BCUT2D eigenvalue weighted by Gasteiger charge is 2.16. The number of ether oxygens (including phenoxy) is 1. The fourth-order valence-electron chi connectivity index (χ4n) is 1.48. The summed E-state index contributed by atoms with van der Waals surface area (Å²) in [6, 6.07) is 0. The van der Waals surface area contributed by atoms with Crippen molar-refractivity contribution >= 4 is 11.3 Å². The SMILES string of the molecule is COCCC(C)(C)CNCc1scnc1C. The van der Waals surface area contributed by atoms with Crippen molar-refractivity contribution in [2.45, 2.75) is 33.7 Å². The van der Waals surface area contributed by atoms with Gasteiger partial charge in [0.05, 0.1) is 11.2 Å². The second-order valence-corrected chi connectivity index (χ2v) is 5.81. The van der Waals surface area contributed by atoms with Crippen LogP contribution in [0.25, 0.3) is 0 Å². The number of hydrogen-bond donors (Lipinski definition) is 1. The lowest BCUT2D eigenvalue weighted by molar-refractivity contribution is 0.150. The molecule has 0 unspecified atom stereocenters. The molecule has 0 saturated heterocycles. The van der Waals surface area contributed by atoms with E-state index in [9.17, 15) is 0 Å². The molecule has 0 aromatic carbocycles. The van der Waals surface area contributed by atoms with Crippen LogP contribution >= 0.6 is 11.3 Å². The van der Waals surface area contributed by atoms with Gasteiger partial charge >= 0.3 is 0 Å².